The summed E-state index contributed by atoms with van der Waals surface area (Å²) in [6.45, 7) is 6.78. The molecule has 0 radical (unpaired) electrons. The van der Waals surface area contributed by atoms with Gasteiger partial charge in [-0.05, 0) is 36.8 Å². The molecule has 0 aliphatic carbocycles. The van der Waals surface area contributed by atoms with Crippen LogP contribution in [0.25, 0.3) is 0 Å². The highest BCUT2D eigenvalue weighted by Gasteiger charge is 2.37. The highest BCUT2D eigenvalue weighted by Crippen LogP contribution is 2.43. The number of benzene rings is 1. The van der Waals surface area contributed by atoms with Crippen LogP contribution in [0.5, 0.6) is 0 Å². The van der Waals surface area contributed by atoms with Gasteiger partial charge < -0.3 is 4.90 Å². The van der Waals surface area contributed by atoms with Crippen LogP contribution in [0.15, 0.2) is 30.3 Å². The van der Waals surface area contributed by atoms with Crippen LogP contribution in [-0.4, -0.2) is 11.5 Å². The van der Waals surface area contributed by atoms with E-state index < -0.39 is 0 Å². The number of aromatic nitrogens is 1. The fraction of sp³-hybridized carbons (Fsp3) is 0.312. The predicted octanol–water partition coefficient (Wildman–Crippen LogP) is 4.61. The largest absolute Gasteiger partial charge is 0.339 e. The smallest absolute Gasteiger partial charge is 0.129 e. The van der Waals surface area contributed by atoms with E-state index in [1.165, 1.54) is 0 Å². The number of hydrogen-bond acceptors (Lipinski definition) is 2. The molecule has 4 heteroatoms. The maximum absolute atomic E-state index is 13.8. The minimum absolute atomic E-state index is 0.110. The fourth-order valence-corrected chi connectivity index (χ4v) is 2.83. The molecule has 3 rings (SSSR count). The van der Waals surface area contributed by atoms with Crippen LogP contribution in [-0.2, 0) is 5.41 Å². The molecule has 1 aliphatic heterocycles. The zero-order valence-corrected chi connectivity index (χ0v) is 12.5. The Morgan fingerprint density at radius 3 is 2.70 bits per heavy atom. The van der Waals surface area contributed by atoms with Crippen molar-refractivity contribution in [3.63, 3.8) is 0 Å². The molecule has 1 aliphatic rings. The highest BCUT2D eigenvalue weighted by molar-refractivity contribution is 6.29. The molecule has 0 amide bonds. The summed E-state index contributed by atoms with van der Waals surface area (Å²) in [5, 5.41) is 0.494. The first-order chi connectivity index (χ1) is 9.38. The molecule has 104 valence electrons. The van der Waals surface area contributed by atoms with Crippen molar-refractivity contribution < 1.29 is 4.39 Å². The van der Waals surface area contributed by atoms with Crippen LogP contribution in [0.2, 0.25) is 5.15 Å². The average molecular weight is 291 g/mol. The number of pyridine rings is 1. The SMILES string of the molecule is Cc1ccc(N2CC(C)(C)c3nc(Cl)ccc32)cc1F. The zero-order chi connectivity index (χ0) is 14.5. The summed E-state index contributed by atoms with van der Waals surface area (Å²) in [5.74, 6) is -0.185. The van der Waals surface area contributed by atoms with Crippen molar-refractivity contribution in [2.75, 3.05) is 11.4 Å². The number of fused-ring (bicyclic) bond motifs is 1. The van der Waals surface area contributed by atoms with Gasteiger partial charge in [0.25, 0.3) is 0 Å². The molecule has 0 bridgehead atoms. The summed E-state index contributed by atoms with van der Waals surface area (Å²) in [7, 11) is 0. The molecule has 2 heterocycles. The molecule has 2 nitrogen and oxygen atoms in total. The number of anilines is 2. The van der Waals surface area contributed by atoms with E-state index in [1.807, 2.05) is 12.1 Å². The molecule has 0 N–H and O–H groups in total. The first kappa shape index (κ1) is 13.4. The molecular formula is C16H16ClFN2. The monoisotopic (exact) mass is 290 g/mol. The topological polar surface area (TPSA) is 16.1 Å². The maximum atomic E-state index is 13.8. The first-order valence-electron chi connectivity index (χ1n) is 6.59. The van der Waals surface area contributed by atoms with Gasteiger partial charge in [-0.3, -0.25) is 0 Å². The molecular weight excluding hydrogens is 275 g/mol. The van der Waals surface area contributed by atoms with E-state index in [0.29, 0.717) is 10.7 Å². The van der Waals surface area contributed by atoms with E-state index in [9.17, 15) is 4.39 Å². The van der Waals surface area contributed by atoms with Crippen molar-refractivity contribution in [1.29, 1.82) is 0 Å². The van der Waals surface area contributed by atoms with Crippen LogP contribution in [0, 0.1) is 12.7 Å². The van der Waals surface area contributed by atoms with Gasteiger partial charge in [0.2, 0.25) is 0 Å². The van der Waals surface area contributed by atoms with Gasteiger partial charge in [-0.15, -0.1) is 0 Å². The van der Waals surface area contributed by atoms with Gasteiger partial charge in [0.15, 0.2) is 0 Å². The lowest BCUT2D eigenvalue weighted by Crippen LogP contribution is -2.25. The van der Waals surface area contributed by atoms with Crippen molar-refractivity contribution in [3.8, 4) is 0 Å². The van der Waals surface area contributed by atoms with Crippen molar-refractivity contribution in [2.45, 2.75) is 26.2 Å². The van der Waals surface area contributed by atoms with Gasteiger partial charge in [-0.2, -0.15) is 0 Å². The molecule has 2 aromatic rings. The summed E-state index contributed by atoms with van der Waals surface area (Å²) < 4.78 is 13.8. The third-order valence-electron chi connectivity index (χ3n) is 3.79. The van der Waals surface area contributed by atoms with Crippen LogP contribution in [0.3, 0.4) is 0 Å². The van der Waals surface area contributed by atoms with E-state index >= 15 is 0 Å². The van der Waals surface area contributed by atoms with E-state index in [2.05, 4.69) is 23.7 Å². The predicted molar refractivity (Wildman–Crippen MR) is 80.4 cm³/mol. The summed E-state index contributed by atoms with van der Waals surface area (Å²) in [4.78, 5) is 6.55. The van der Waals surface area contributed by atoms with Gasteiger partial charge in [0, 0.05) is 17.6 Å². The molecule has 0 spiro atoms. The average Bonchev–Trinajstić information content (AvgIpc) is 2.65. The molecule has 1 aromatic heterocycles. The van der Waals surface area contributed by atoms with Crippen molar-refractivity contribution >= 4 is 23.0 Å². The number of nitrogens with zero attached hydrogens (tertiary/aromatic N) is 2. The summed E-state index contributed by atoms with van der Waals surface area (Å²) in [6, 6.07) is 9.06. The number of aryl methyl sites for hydroxylation is 1. The minimum Gasteiger partial charge on any atom is -0.339 e. The Bertz CT molecular complexity index is 682. The number of rotatable bonds is 1. The Morgan fingerprint density at radius 1 is 1.25 bits per heavy atom. The van der Waals surface area contributed by atoms with Crippen LogP contribution in [0.1, 0.15) is 25.1 Å². The fourth-order valence-electron chi connectivity index (χ4n) is 2.68. The second-order valence-corrected chi connectivity index (χ2v) is 6.29. The lowest BCUT2D eigenvalue weighted by atomic mass is 9.91. The highest BCUT2D eigenvalue weighted by atomic mass is 35.5. The van der Waals surface area contributed by atoms with E-state index in [4.69, 9.17) is 11.6 Å². The number of hydrogen-bond donors (Lipinski definition) is 0. The van der Waals surface area contributed by atoms with Gasteiger partial charge in [-0.1, -0.05) is 31.5 Å². The Labute approximate surface area is 123 Å². The van der Waals surface area contributed by atoms with Gasteiger partial charge in [-0.25, -0.2) is 9.37 Å². The summed E-state index contributed by atoms with van der Waals surface area (Å²) >= 11 is 6.00. The first-order valence-corrected chi connectivity index (χ1v) is 6.97. The lowest BCUT2D eigenvalue weighted by molar-refractivity contribution is 0.553. The Morgan fingerprint density at radius 2 is 2.00 bits per heavy atom. The maximum Gasteiger partial charge on any atom is 0.129 e. The summed E-state index contributed by atoms with van der Waals surface area (Å²) in [5.41, 5.74) is 3.36. The quantitative estimate of drug-likeness (QED) is 0.713. The molecule has 20 heavy (non-hydrogen) atoms. The lowest BCUT2D eigenvalue weighted by Gasteiger charge is -2.22. The van der Waals surface area contributed by atoms with E-state index in [0.717, 1.165) is 23.6 Å². The van der Waals surface area contributed by atoms with Crippen molar-refractivity contribution in [1.82, 2.24) is 4.98 Å². The number of halogens is 2. The van der Waals surface area contributed by atoms with Gasteiger partial charge in [0.1, 0.15) is 11.0 Å². The molecule has 0 unspecified atom stereocenters. The molecule has 1 aromatic carbocycles. The van der Waals surface area contributed by atoms with Crippen LogP contribution in [0.4, 0.5) is 15.8 Å². The molecule has 0 saturated heterocycles. The normalized spacial score (nSPS) is 16.4. The van der Waals surface area contributed by atoms with Crippen molar-refractivity contribution in [3.05, 3.63) is 52.6 Å². The van der Waals surface area contributed by atoms with Gasteiger partial charge in [0.05, 0.1) is 11.4 Å². The third-order valence-corrected chi connectivity index (χ3v) is 4.00. The summed E-state index contributed by atoms with van der Waals surface area (Å²) in [6.07, 6.45) is 0. The minimum atomic E-state index is -0.185. The van der Waals surface area contributed by atoms with E-state index in [-0.39, 0.29) is 11.2 Å². The van der Waals surface area contributed by atoms with Gasteiger partial charge >= 0.3 is 0 Å². The molecule has 0 atom stereocenters. The Kier molecular flexibility index (Phi) is 2.98. The molecule has 0 saturated carbocycles. The standard InChI is InChI=1S/C16H16ClFN2/c1-10-4-5-11(8-12(10)18)20-9-16(2,3)15-13(20)6-7-14(17)19-15/h4-8H,9H2,1-3H3. The van der Waals surface area contributed by atoms with Crippen molar-refractivity contribution in [2.24, 2.45) is 0 Å². The third kappa shape index (κ3) is 2.06. The van der Waals surface area contributed by atoms with E-state index in [1.54, 1.807) is 25.1 Å². The van der Waals surface area contributed by atoms with Crippen LogP contribution >= 0.6 is 11.6 Å². The zero-order valence-electron chi connectivity index (χ0n) is 11.7. The molecule has 0 fully saturated rings. The second kappa shape index (κ2) is 4.45. The van der Waals surface area contributed by atoms with Crippen LogP contribution < -0.4 is 4.90 Å². The second-order valence-electron chi connectivity index (χ2n) is 5.91. The Hall–Kier alpha value is -1.61. The Balaban J connectivity index is 2.12.